The molecule has 7 heteroatoms. The molecule has 0 atom stereocenters. The smallest absolute Gasteiger partial charge is 0.317 e. The molecular formula is C14H14F3N3O. The van der Waals surface area contributed by atoms with Crippen molar-refractivity contribution in [3.05, 3.63) is 46.0 Å². The molecule has 3 rings (SSSR count). The lowest BCUT2D eigenvalue weighted by atomic mass is 9.94. The number of rotatable bonds is 1. The number of hydrogen-bond acceptors (Lipinski definition) is 3. The topological polar surface area (TPSA) is 46.4 Å². The molecule has 0 saturated carbocycles. The van der Waals surface area contributed by atoms with Crippen LogP contribution in [0.5, 0.6) is 0 Å². The van der Waals surface area contributed by atoms with Gasteiger partial charge in [-0.15, -0.1) is 0 Å². The van der Waals surface area contributed by atoms with Crippen LogP contribution in [0.15, 0.2) is 29.2 Å². The van der Waals surface area contributed by atoms with Crippen LogP contribution in [0.1, 0.15) is 30.0 Å². The Hall–Kier alpha value is -1.89. The van der Waals surface area contributed by atoms with E-state index in [1.165, 1.54) is 18.3 Å². The van der Waals surface area contributed by atoms with Crippen molar-refractivity contribution in [3.8, 4) is 0 Å². The summed E-state index contributed by atoms with van der Waals surface area (Å²) in [5, 5.41) is 3.18. The van der Waals surface area contributed by atoms with Crippen molar-refractivity contribution in [1.82, 2.24) is 14.7 Å². The Kier molecular flexibility index (Phi) is 3.44. The van der Waals surface area contributed by atoms with Gasteiger partial charge in [0, 0.05) is 18.2 Å². The Morgan fingerprint density at radius 2 is 2.00 bits per heavy atom. The lowest BCUT2D eigenvalue weighted by Gasteiger charge is -2.22. The molecule has 2 aromatic rings. The van der Waals surface area contributed by atoms with Crippen molar-refractivity contribution in [2.75, 3.05) is 13.1 Å². The van der Waals surface area contributed by atoms with E-state index in [4.69, 9.17) is 0 Å². The maximum Gasteiger partial charge on any atom is 0.419 e. The third-order valence-corrected chi connectivity index (χ3v) is 3.77. The number of hydrogen-bond donors (Lipinski definition) is 1. The van der Waals surface area contributed by atoms with E-state index >= 15 is 0 Å². The highest BCUT2D eigenvalue weighted by atomic mass is 19.4. The molecule has 1 saturated heterocycles. The zero-order chi connectivity index (χ0) is 15.0. The van der Waals surface area contributed by atoms with Crippen LogP contribution in [0.25, 0.3) is 5.65 Å². The fourth-order valence-electron chi connectivity index (χ4n) is 2.69. The van der Waals surface area contributed by atoms with Gasteiger partial charge in [0.05, 0.1) is 11.3 Å². The zero-order valence-corrected chi connectivity index (χ0v) is 11.2. The monoisotopic (exact) mass is 297 g/mol. The molecule has 1 aliphatic heterocycles. The minimum absolute atomic E-state index is 0.0326. The van der Waals surface area contributed by atoms with Gasteiger partial charge >= 0.3 is 6.18 Å². The number of halogens is 3. The standard InChI is InChI=1S/C14H14F3N3O/c15-14(16,17)10-2-1-7-20-12(21)8-11(19-13(10)20)9-3-5-18-6-4-9/h1-2,7-9,18H,3-6H2. The second kappa shape index (κ2) is 5.14. The van der Waals surface area contributed by atoms with Gasteiger partial charge in [0.15, 0.2) is 5.65 Å². The number of alkyl halides is 3. The average Bonchev–Trinajstić information content (AvgIpc) is 2.46. The molecule has 21 heavy (non-hydrogen) atoms. The Bertz CT molecular complexity index is 717. The first kappa shape index (κ1) is 14.1. The first-order valence-corrected chi connectivity index (χ1v) is 6.77. The molecule has 0 spiro atoms. The SMILES string of the molecule is O=c1cc(C2CCNCC2)nc2c(C(F)(F)F)cccn12. The summed E-state index contributed by atoms with van der Waals surface area (Å²) in [5.41, 5.74) is -1.21. The van der Waals surface area contributed by atoms with Crippen LogP contribution in [0.3, 0.4) is 0 Å². The van der Waals surface area contributed by atoms with Gasteiger partial charge in [-0.05, 0) is 38.1 Å². The highest BCUT2D eigenvalue weighted by Gasteiger charge is 2.34. The Balaban J connectivity index is 2.19. The first-order chi connectivity index (χ1) is 9.97. The minimum Gasteiger partial charge on any atom is -0.317 e. The highest BCUT2D eigenvalue weighted by molar-refractivity contribution is 5.49. The molecule has 0 aliphatic carbocycles. The number of pyridine rings is 1. The number of fused-ring (bicyclic) bond motifs is 1. The van der Waals surface area contributed by atoms with E-state index in [0.717, 1.165) is 36.4 Å². The van der Waals surface area contributed by atoms with Crippen molar-refractivity contribution < 1.29 is 13.2 Å². The van der Waals surface area contributed by atoms with Gasteiger partial charge in [-0.25, -0.2) is 4.98 Å². The number of nitrogens with zero attached hydrogens (tertiary/aromatic N) is 2. The van der Waals surface area contributed by atoms with Gasteiger partial charge in [-0.2, -0.15) is 13.2 Å². The molecule has 0 amide bonds. The summed E-state index contributed by atoms with van der Waals surface area (Å²) < 4.78 is 40.1. The van der Waals surface area contributed by atoms with E-state index < -0.39 is 17.3 Å². The molecule has 112 valence electrons. The average molecular weight is 297 g/mol. The summed E-state index contributed by atoms with van der Waals surface area (Å²) in [6.07, 6.45) is -1.67. The second-order valence-corrected chi connectivity index (χ2v) is 5.16. The van der Waals surface area contributed by atoms with Crippen LogP contribution < -0.4 is 10.9 Å². The molecule has 0 aromatic carbocycles. The van der Waals surface area contributed by atoms with Crippen LogP contribution in [0, 0.1) is 0 Å². The molecular weight excluding hydrogens is 283 g/mol. The van der Waals surface area contributed by atoms with E-state index in [0.29, 0.717) is 5.69 Å². The molecule has 1 aliphatic rings. The van der Waals surface area contributed by atoms with Crippen LogP contribution in [-0.2, 0) is 6.18 Å². The fourth-order valence-corrected chi connectivity index (χ4v) is 2.69. The van der Waals surface area contributed by atoms with Crippen molar-refractivity contribution in [2.24, 2.45) is 0 Å². The predicted octanol–water partition coefficient (Wildman–Crippen LogP) is 2.18. The van der Waals surface area contributed by atoms with E-state index in [1.807, 2.05) is 0 Å². The number of aromatic nitrogens is 2. The van der Waals surface area contributed by atoms with E-state index in [-0.39, 0.29) is 11.6 Å². The summed E-state index contributed by atoms with van der Waals surface area (Å²) in [6.45, 7) is 1.57. The van der Waals surface area contributed by atoms with Crippen LogP contribution in [0.2, 0.25) is 0 Å². The molecule has 0 unspecified atom stereocenters. The third-order valence-electron chi connectivity index (χ3n) is 3.77. The van der Waals surface area contributed by atoms with Gasteiger partial charge < -0.3 is 5.32 Å². The quantitative estimate of drug-likeness (QED) is 0.877. The minimum atomic E-state index is -4.53. The predicted molar refractivity (Wildman–Crippen MR) is 71.3 cm³/mol. The summed E-state index contributed by atoms with van der Waals surface area (Å²) in [7, 11) is 0. The lowest BCUT2D eigenvalue weighted by molar-refractivity contribution is -0.136. The molecule has 3 heterocycles. The Morgan fingerprint density at radius 3 is 2.67 bits per heavy atom. The van der Waals surface area contributed by atoms with Gasteiger partial charge in [0.2, 0.25) is 0 Å². The second-order valence-electron chi connectivity index (χ2n) is 5.16. The maximum atomic E-state index is 13.1. The number of nitrogens with one attached hydrogen (secondary N) is 1. The van der Waals surface area contributed by atoms with Crippen LogP contribution in [-0.4, -0.2) is 22.5 Å². The Morgan fingerprint density at radius 1 is 1.29 bits per heavy atom. The van der Waals surface area contributed by atoms with Crippen molar-refractivity contribution in [2.45, 2.75) is 24.9 Å². The molecule has 2 aromatic heterocycles. The van der Waals surface area contributed by atoms with E-state index in [1.54, 1.807) is 0 Å². The van der Waals surface area contributed by atoms with Crippen molar-refractivity contribution >= 4 is 5.65 Å². The molecule has 0 bridgehead atoms. The zero-order valence-electron chi connectivity index (χ0n) is 11.2. The van der Waals surface area contributed by atoms with Crippen molar-refractivity contribution in [1.29, 1.82) is 0 Å². The molecule has 0 radical (unpaired) electrons. The fraction of sp³-hybridized carbons (Fsp3) is 0.429. The van der Waals surface area contributed by atoms with Gasteiger partial charge in [-0.3, -0.25) is 9.20 Å². The summed E-state index contributed by atoms with van der Waals surface area (Å²) >= 11 is 0. The normalized spacial score (nSPS) is 17.3. The van der Waals surface area contributed by atoms with E-state index in [9.17, 15) is 18.0 Å². The first-order valence-electron chi connectivity index (χ1n) is 6.77. The van der Waals surface area contributed by atoms with Gasteiger partial charge in [0.1, 0.15) is 0 Å². The molecule has 1 fully saturated rings. The highest BCUT2D eigenvalue weighted by Crippen LogP contribution is 2.32. The van der Waals surface area contributed by atoms with Crippen LogP contribution in [0.4, 0.5) is 13.2 Å². The van der Waals surface area contributed by atoms with Crippen LogP contribution >= 0.6 is 0 Å². The van der Waals surface area contributed by atoms with Gasteiger partial charge in [0.25, 0.3) is 5.56 Å². The summed E-state index contributed by atoms with van der Waals surface area (Å²) in [6, 6.07) is 3.51. The largest absolute Gasteiger partial charge is 0.419 e. The maximum absolute atomic E-state index is 13.1. The van der Waals surface area contributed by atoms with E-state index in [2.05, 4.69) is 10.3 Å². The van der Waals surface area contributed by atoms with Crippen molar-refractivity contribution in [3.63, 3.8) is 0 Å². The lowest BCUT2D eigenvalue weighted by Crippen LogP contribution is -2.28. The Labute approximate surface area is 118 Å². The summed E-state index contributed by atoms with van der Waals surface area (Å²) in [4.78, 5) is 16.2. The molecule has 1 N–H and O–H groups in total. The third kappa shape index (κ3) is 2.65. The molecule has 4 nitrogen and oxygen atoms in total. The number of piperidine rings is 1. The van der Waals surface area contributed by atoms with Gasteiger partial charge in [-0.1, -0.05) is 0 Å². The summed E-state index contributed by atoms with van der Waals surface area (Å²) in [5.74, 6) is 0.0326.